The molecule has 29 heavy (non-hydrogen) atoms. The number of carbonyl (C=O) groups excluding carboxylic acids is 1. The van der Waals surface area contributed by atoms with Crippen LogP contribution in [0.25, 0.3) is 10.2 Å². The number of para-hydroxylation sites is 1. The first kappa shape index (κ1) is 18.7. The molecule has 152 valence electrons. The van der Waals surface area contributed by atoms with Crippen LogP contribution in [-0.2, 0) is 6.54 Å². The van der Waals surface area contributed by atoms with Gasteiger partial charge in [0.05, 0.1) is 34.6 Å². The summed E-state index contributed by atoms with van der Waals surface area (Å²) in [6.45, 7) is 4.57. The molecule has 5 rings (SSSR count). The molecule has 2 fully saturated rings. The van der Waals surface area contributed by atoms with Crippen molar-refractivity contribution in [1.82, 2.24) is 20.4 Å². The summed E-state index contributed by atoms with van der Waals surface area (Å²) in [5, 5.41) is 18.4. The van der Waals surface area contributed by atoms with E-state index in [1.54, 1.807) is 24.3 Å². The van der Waals surface area contributed by atoms with E-state index in [-0.39, 0.29) is 17.7 Å². The van der Waals surface area contributed by atoms with Crippen LogP contribution < -0.4 is 5.32 Å². The van der Waals surface area contributed by atoms with E-state index in [1.165, 1.54) is 4.70 Å². The van der Waals surface area contributed by atoms with E-state index >= 15 is 0 Å². The molecule has 4 atom stereocenters. The van der Waals surface area contributed by atoms with Crippen molar-refractivity contribution in [2.45, 2.75) is 38.5 Å². The molecular formula is C21H24N4O3S. The minimum Gasteiger partial charge on any atom is -0.391 e. The molecule has 0 spiro atoms. The summed E-state index contributed by atoms with van der Waals surface area (Å²) in [6.07, 6.45) is 0.953. The fourth-order valence-electron chi connectivity index (χ4n) is 4.70. The second kappa shape index (κ2) is 7.51. The number of aromatic nitrogens is 2. The third-order valence-electron chi connectivity index (χ3n) is 6.08. The number of aliphatic hydroxyl groups is 1. The van der Waals surface area contributed by atoms with Gasteiger partial charge in [0, 0.05) is 19.2 Å². The average molecular weight is 413 g/mol. The third-order valence-corrected chi connectivity index (χ3v) is 7.10. The van der Waals surface area contributed by atoms with E-state index in [0.717, 1.165) is 36.6 Å². The quantitative estimate of drug-likeness (QED) is 0.684. The molecule has 1 aromatic carbocycles. The van der Waals surface area contributed by atoms with Crippen LogP contribution in [0.3, 0.4) is 0 Å². The highest BCUT2D eigenvalue weighted by Crippen LogP contribution is 2.37. The maximum Gasteiger partial charge on any atom is 0.290 e. The van der Waals surface area contributed by atoms with Crippen LogP contribution in [0.15, 0.2) is 34.9 Å². The first-order chi connectivity index (χ1) is 14.0. The van der Waals surface area contributed by atoms with Crippen molar-refractivity contribution < 1.29 is 14.4 Å². The molecule has 2 aromatic heterocycles. The van der Waals surface area contributed by atoms with E-state index in [9.17, 15) is 9.90 Å². The molecule has 1 saturated heterocycles. The van der Waals surface area contributed by atoms with E-state index in [1.807, 2.05) is 12.1 Å². The number of thiazole rings is 1. The Morgan fingerprint density at radius 3 is 2.86 bits per heavy atom. The fourth-order valence-corrected chi connectivity index (χ4v) is 5.71. The fraction of sp³-hybridized carbons (Fsp3) is 0.476. The van der Waals surface area contributed by atoms with Crippen LogP contribution in [0.5, 0.6) is 0 Å². The Morgan fingerprint density at radius 2 is 2.10 bits per heavy atom. The summed E-state index contributed by atoms with van der Waals surface area (Å²) >= 11 is 1.75. The smallest absolute Gasteiger partial charge is 0.290 e. The number of amides is 1. The first-order valence-corrected chi connectivity index (χ1v) is 10.9. The largest absolute Gasteiger partial charge is 0.391 e. The van der Waals surface area contributed by atoms with Crippen LogP contribution in [0.4, 0.5) is 0 Å². The van der Waals surface area contributed by atoms with Crippen LogP contribution >= 0.6 is 11.3 Å². The van der Waals surface area contributed by atoms with Gasteiger partial charge < -0.3 is 14.9 Å². The van der Waals surface area contributed by atoms with Gasteiger partial charge in [-0.1, -0.05) is 17.3 Å². The molecule has 0 unspecified atom stereocenters. The van der Waals surface area contributed by atoms with Gasteiger partial charge in [0.15, 0.2) is 0 Å². The van der Waals surface area contributed by atoms with Gasteiger partial charge in [-0.05, 0) is 43.7 Å². The van der Waals surface area contributed by atoms with Crippen molar-refractivity contribution in [1.29, 1.82) is 0 Å². The number of fused-ring (bicyclic) bond motifs is 2. The summed E-state index contributed by atoms with van der Waals surface area (Å²) in [5.41, 5.74) is 1.73. The summed E-state index contributed by atoms with van der Waals surface area (Å²) in [4.78, 5) is 19.6. The van der Waals surface area contributed by atoms with Crippen molar-refractivity contribution in [2.75, 3.05) is 13.1 Å². The predicted molar refractivity (Wildman–Crippen MR) is 110 cm³/mol. The molecule has 0 radical (unpaired) electrons. The molecular weight excluding hydrogens is 388 g/mol. The maximum absolute atomic E-state index is 12.4. The number of aryl methyl sites for hydroxylation is 1. The molecule has 8 heteroatoms. The number of benzene rings is 1. The summed E-state index contributed by atoms with van der Waals surface area (Å²) in [5.74, 6) is 0.813. The normalized spacial score (nSPS) is 27.2. The molecule has 1 aliphatic heterocycles. The monoisotopic (exact) mass is 412 g/mol. The minimum absolute atomic E-state index is 0.195. The van der Waals surface area contributed by atoms with Gasteiger partial charge in [-0.15, -0.1) is 11.3 Å². The van der Waals surface area contributed by atoms with Gasteiger partial charge in [-0.2, -0.15) is 0 Å². The molecule has 3 heterocycles. The second-order valence-electron chi connectivity index (χ2n) is 8.24. The van der Waals surface area contributed by atoms with Crippen molar-refractivity contribution in [3.05, 3.63) is 46.8 Å². The van der Waals surface area contributed by atoms with Crippen molar-refractivity contribution in [3.63, 3.8) is 0 Å². The number of carbonyl (C=O) groups is 1. The molecule has 1 amide bonds. The number of nitrogens with one attached hydrogen (secondary N) is 1. The standard InChI is InChI=1S/C21H24N4O3S/c1-12-6-18(28-24-12)21(27)23-16-7-13-9-25(10-14(13)8-17(16)26)11-20-22-15-4-2-3-5-19(15)29-20/h2-6,13-14,16-17,26H,7-11H2,1H3,(H,23,27)/t13-,14+,16-,17-/m0/s1. The van der Waals surface area contributed by atoms with Crippen molar-refractivity contribution in [3.8, 4) is 0 Å². The van der Waals surface area contributed by atoms with E-state index in [2.05, 4.69) is 27.5 Å². The number of hydrogen-bond acceptors (Lipinski definition) is 7. The van der Waals surface area contributed by atoms with Crippen molar-refractivity contribution in [2.24, 2.45) is 11.8 Å². The summed E-state index contributed by atoms with van der Waals surface area (Å²) in [6, 6.07) is 9.59. The Balaban J connectivity index is 1.22. The predicted octanol–water partition coefficient (Wildman–Crippen LogP) is 2.59. The zero-order valence-corrected chi connectivity index (χ0v) is 17.1. The Bertz CT molecular complexity index is 999. The molecule has 2 N–H and O–H groups in total. The lowest BCUT2D eigenvalue weighted by Gasteiger charge is -2.35. The SMILES string of the molecule is Cc1cc(C(=O)N[C@H]2C[C@H]3CN(Cc4nc5ccccc5s4)C[C@H]3C[C@@H]2O)on1. The Kier molecular flexibility index (Phi) is 4.85. The molecule has 2 aliphatic rings. The second-order valence-corrected chi connectivity index (χ2v) is 9.36. The molecule has 1 saturated carbocycles. The van der Waals surface area contributed by atoms with Crippen molar-refractivity contribution >= 4 is 27.5 Å². The third kappa shape index (κ3) is 3.80. The lowest BCUT2D eigenvalue weighted by atomic mass is 9.77. The minimum atomic E-state index is -0.536. The summed E-state index contributed by atoms with van der Waals surface area (Å²) < 4.78 is 6.26. The molecule has 7 nitrogen and oxygen atoms in total. The zero-order chi connectivity index (χ0) is 20.0. The van der Waals surface area contributed by atoms with Gasteiger partial charge >= 0.3 is 0 Å². The highest BCUT2D eigenvalue weighted by atomic mass is 32.1. The highest BCUT2D eigenvalue weighted by molar-refractivity contribution is 7.18. The maximum atomic E-state index is 12.4. The van der Waals surface area contributed by atoms with E-state index < -0.39 is 6.10 Å². The lowest BCUT2D eigenvalue weighted by molar-refractivity contribution is 0.0449. The van der Waals surface area contributed by atoms with E-state index in [4.69, 9.17) is 9.51 Å². The van der Waals surface area contributed by atoms with Gasteiger partial charge in [0.2, 0.25) is 5.76 Å². The molecule has 3 aromatic rings. The van der Waals surface area contributed by atoms with Gasteiger partial charge in [0.25, 0.3) is 5.91 Å². The summed E-state index contributed by atoms with van der Waals surface area (Å²) in [7, 11) is 0. The van der Waals surface area contributed by atoms with Crippen LogP contribution in [-0.4, -0.2) is 51.3 Å². The number of likely N-dealkylation sites (tertiary alicyclic amines) is 1. The zero-order valence-electron chi connectivity index (χ0n) is 16.2. The average Bonchev–Trinajstić information content (AvgIpc) is 3.39. The molecule has 0 bridgehead atoms. The van der Waals surface area contributed by atoms with Gasteiger partial charge in [0.1, 0.15) is 5.01 Å². The number of hydrogen-bond donors (Lipinski definition) is 2. The Morgan fingerprint density at radius 1 is 1.31 bits per heavy atom. The van der Waals surface area contributed by atoms with Gasteiger partial charge in [-0.3, -0.25) is 9.69 Å². The highest BCUT2D eigenvalue weighted by Gasteiger charge is 2.42. The lowest BCUT2D eigenvalue weighted by Crippen LogP contribution is -2.49. The van der Waals surface area contributed by atoms with Crippen LogP contribution in [0.1, 0.15) is 34.1 Å². The number of rotatable bonds is 4. The van der Waals surface area contributed by atoms with Crippen LogP contribution in [0.2, 0.25) is 0 Å². The Hall–Kier alpha value is -2.29. The number of nitrogens with zero attached hydrogens (tertiary/aromatic N) is 3. The number of aliphatic hydroxyl groups excluding tert-OH is 1. The Labute approximate surface area is 172 Å². The molecule has 1 aliphatic carbocycles. The first-order valence-electron chi connectivity index (χ1n) is 10.0. The van der Waals surface area contributed by atoms with E-state index in [0.29, 0.717) is 24.0 Å². The van der Waals surface area contributed by atoms with Gasteiger partial charge in [-0.25, -0.2) is 4.98 Å². The van der Waals surface area contributed by atoms with Crippen LogP contribution in [0, 0.1) is 18.8 Å². The topological polar surface area (TPSA) is 91.5 Å².